The van der Waals surface area contributed by atoms with Crippen molar-refractivity contribution in [2.75, 3.05) is 0 Å². The minimum Gasteiger partial charge on any atom is -0.0772 e. The Hall–Kier alpha value is -1.04. The molecule has 0 heterocycles. The zero-order valence-electron chi connectivity index (χ0n) is 16.1. The SMILES string of the molecule is CC(C)=C(C)C/C(C)=C(\C)C/C(C)=C(\C)CC(C)=C(C)C. The van der Waals surface area contributed by atoms with Crippen LogP contribution in [0.4, 0.5) is 0 Å². The Kier molecular flexibility index (Phi) is 8.63. The smallest absolute Gasteiger partial charge is 0.0109 e. The molecule has 0 heteroatoms. The van der Waals surface area contributed by atoms with E-state index < -0.39 is 0 Å². The molecule has 0 amide bonds. The first-order chi connectivity index (χ1) is 9.56. The predicted octanol–water partition coefficient (Wildman–Crippen LogP) is 7.54. The highest BCUT2D eigenvalue weighted by Gasteiger charge is 2.04. The number of hydrogen-bond donors (Lipinski definition) is 0. The van der Waals surface area contributed by atoms with E-state index in [9.17, 15) is 0 Å². The lowest BCUT2D eigenvalue weighted by atomic mass is 9.93. The first-order valence-electron chi connectivity index (χ1n) is 8.12. The third kappa shape index (κ3) is 7.50. The highest BCUT2D eigenvalue weighted by Crippen LogP contribution is 2.25. The first kappa shape index (κ1) is 20.0. The van der Waals surface area contributed by atoms with Gasteiger partial charge < -0.3 is 0 Å². The average Bonchev–Trinajstić information content (AvgIpc) is 2.37. The third-order valence-electron chi connectivity index (χ3n) is 4.76. The Bertz CT molecular complexity index is 436. The van der Waals surface area contributed by atoms with Crippen molar-refractivity contribution in [3.8, 4) is 0 Å². The lowest BCUT2D eigenvalue weighted by molar-refractivity contribution is 0.953. The first-order valence-corrected chi connectivity index (χ1v) is 8.12. The van der Waals surface area contributed by atoms with E-state index in [2.05, 4.69) is 69.2 Å². The Morgan fingerprint density at radius 3 is 0.714 bits per heavy atom. The van der Waals surface area contributed by atoms with Gasteiger partial charge in [0.15, 0.2) is 0 Å². The van der Waals surface area contributed by atoms with Gasteiger partial charge in [-0.05, 0) is 88.5 Å². The quantitative estimate of drug-likeness (QED) is 0.443. The van der Waals surface area contributed by atoms with Crippen LogP contribution < -0.4 is 0 Å². The lowest BCUT2D eigenvalue weighted by Crippen LogP contribution is -1.93. The van der Waals surface area contributed by atoms with Gasteiger partial charge in [-0.1, -0.05) is 44.6 Å². The molecule has 0 fully saturated rings. The minimum absolute atomic E-state index is 1.11. The van der Waals surface area contributed by atoms with E-state index in [1.165, 1.54) is 44.6 Å². The number of hydrogen-bond acceptors (Lipinski definition) is 0. The van der Waals surface area contributed by atoms with Crippen molar-refractivity contribution in [3.63, 3.8) is 0 Å². The van der Waals surface area contributed by atoms with Crippen molar-refractivity contribution in [2.45, 2.75) is 88.5 Å². The minimum atomic E-state index is 1.11. The molecule has 0 aliphatic carbocycles. The van der Waals surface area contributed by atoms with Crippen LogP contribution in [0.25, 0.3) is 0 Å². The molecule has 0 bridgehead atoms. The Morgan fingerprint density at radius 1 is 0.333 bits per heavy atom. The van der Waals surface area contributed by atoms with Crippen molar-refractivity contribution in [2.24, 2.45) is 0 Å². The second kappa shape index (κ2) is 9.07. The average molecular weight is 289 g/mol. The molecule has 0 aliphatic heterocycles. The van der Waals surface area contributed by atoms with Crippen molar-refractivity contribution in [1.82, 2.24) is 0 Å². The lowest BCUT2D eigenvalue weighted by Gasteiger charge is -2.13. The summed E-state index contributed by atoms with van der Waals surface area (Å²) in [6.45, 7) is 22.5. The molecule has 0 rings (SSSR count). The van der Waals surface area contributed by atoms with Gasteiger partial charge in [0.1, 0.15) is 0 Å². The molecule has 120 valence electrons. The zero-order chi connectivity index (χ0) is 16.7. The molecule has 0 atom stereocenters. The van der Waals surface area contributed by atoms with Gasteiger partial charge in [0, 0.05) is 0 Å². The third-order valence-corrected chi connectivity index (χ3v) is 4.76. The second-order valence-electron chi connectivity index (χ2n) is 7.21. The van der Waals surface area contributed by atoms with Crippen LogP contribution in [0.2, 0.25) is 0 Å². The molecular formula is C21H36. The molecule has 0 aliphatic rings. The number of allylic oxidation sites excluding steroid dienone is 8. The molecule has 0 aromatic heterocycles. The number of rotatable bonds is 6. The molecule has 0 aromatic rings. The van der Waals surface area contributed by atoms with Gasteiger partial charge in [0.05, 0.1) is 0 Å². The molecular weight excluding hydrogens is 252 g/mol. The fraction of sp³-hybridized carbons (Fsp3) is 0.619. The highest BCUT2D eigenvalue weighted by molar-refractivity contribution is 5.27. The van der Waals surface area contributed by atoms with Crippen LogP contribution in [0.3, 0.4) is 0 Å². The summed E-state index contributed by atoms with van der Waals surface area (Å²) in [6.07, 6.45) is 3.35. The maximum absolute atomic E-state index is 2.29. The van der Waals surface area contributed by atoms with Crippen LogP contribution >= 0.6 is 0 Å². The van der Waals surface area contributed by atoms with Crippen LogP contribution in [-0.4, -0.2) is 0 Å². The molecule has 0 N–H and O–H groups in total. The van der Waals surface area contributed by atoms with Gasteiger partial charge in [-0.25, -0.2) is 0 Å². The van der Waals surface area contributed by atoms with E-state index in [0.717, 1.165) is 19.3 Å². The summed E-state index contributed by atoms with van der Waals surface area (Å²) < 4.78 is 0. The van der Waals surface area contributed by atoms with Crippen LogP contribution in [0.5, 0.6) is 0 Å². The topological polar surface area (TPSA) is 0 Å². The largest absolute Gasteiger partial charge is 0.0772 e. The summed E-state index contributed by atoms with van der Waals surface area (Å²) in [5, 5.41) is 0. The second-order valence-corrected chi connectivity index (χ2v) is 7.21. The van der Waals surface area contributed by atoms with Gasteiger partial charge in [0.2, 0.25) is 0 Å². The molecule has 0 spiro atoms. The Labute approximate surface area is 133 Å². The van der Waals surface area contributed by atoms with Crippen molar-refractivity contribution >= 4 is 0 Å². The van der Waals surface area contributed by atoms with E-state index in [-0.39, 0.29) is 0 Å². The zero-order valence-corrected chi connectivity index (χ0v) is 16.1. The monoisotopic (exact) mass is 288 g/mol. The van der Waals surface area contributed by atoms with E-state index in [0.29, 0.717) is 0 Å². The van der Waals surface area contributed by atoms with Crippen molar-refractivity contribution in [3.05, 3.63) is 44.6 Å². The fourth-order valence-corrected chi connectivity index (χ4v) is 2.15. The molecule has 0 unspecified atom stereocenters. The van der Waals surface area contributed by atoms with Crippen LogP contribution in [-0.2, 0) is 0 Å². The summed E-state index contributed by atoms with van der Waals surface area (Å²) in [4.78, 5) is 0. The summed E-state index contributed by atoms with van der Waals surface area (Å²) in [5.41, 5.74) is 12.0. The van der Waals surface area contributed by atoms with E-state index in [1.54, 1.807) is 0 Å². The van der Waals surface area contributed by atoms with E-state index in [4.69, 9.17) is 0 Å². The van der Waals surface area contributed by atoms with Crippen molar-refractivity contribution < 1.29 is 0 Å². The molecule has 0 nitrogen and oxygen atoms in total. The highest BCUT2D eigenvalue weighted by atomic mass is 14.1. The predicted molar refractivity (Wildman–Crippen MR) is 98.7 cm³/mol. The maximum atomic E-state index is 2.29. The van der Waals surface area contributed by atoms with Crippen LogP contribution in [0, 0.1) is 0 Å². The standard InChI is InChI=1S/C21H36/c1-14(2)16(5)11-18(7)20(9)13-21(10)19(8)12-17(6)15(3)4/h11-13H2,1-10H3/b20-18+,21-19+. The molecule has 21 heavy (non-hydrogen) atoms. The van der Waals surface area contributed by atoms with Gasteiger partial charge >= 0.3 is 0 Å². The van der Waals surface area contributed by atoms with Crippen LogP contribution in [0.1, 0.15) is 88.5 Å². The van der Waals surface area contributed by atoms with Gasteiger partial charge in [-0.15, -0.1) is 0 Å². The summed E-state index contributed by atoms with van der Waals surface area (Å²) in [7, 11) is 0. The van der Waals surface area contributed by atoms with Crippen LogP contribution in [0.15, 0.2) is 44.6 Å². The Balaban J connectivity index is 5.02. The van der Waals surface area contributed by atoms with Gasteiger partial charge in [0.25, 0.3) is 0 Å². The Morgan fingerprint density at radius 2 is 0.524 bits per heavy atom. The van der Waals surface area contributed by atoms with Gasteiger partial charge in [-0.2, -0.15) is 0 Å². The molecule has 0 aromatic carbocycles. The molecule has 0 radical (unpaired) electrons. The normalized spacial score (nSPS) is 13.4. The van der Waals surface area contributed by atoms with Crippen molar-refractivity contribution in [1.29, 1.82) is 0 Å². The van der Waals surface area contributed by atoms with Gasteiger partial charge in [-0.3, -0.25) is 0 Å². The fourth-order valence-electron chi connectivity index (χ4n) is 2.15. The summed E-state index contributed by atoms with van der Waals surface area (Å²) in [5.74, 6) is 0. The molecule has 0 saturated heterocycles. The maximum Gasteiger partial charge on any atom is -0.0109 e. The summed E-state index contributed by atoms with van der Waals surface area (Å²) >= 11 is 0. The molecule has 0 saturated carbocycles. The van der Waals surface area contributed by atoms with E-state index in [1.807, 2.05) is 0 Å². The van der Waals surface area contributed by atoms with E-state index >= 15 is 0 Å². The summed E-state index contributed by atoms with van der Waals surface area (Å²) in [6, 6.07) is 0.